The van der Waals surface area contributed by atoms with Crippen LogP contribution in [0.4, 0.5) is 11.9 Å². The van der Waals surface area contributed by atoms with Crippen molar-refractivity contribution in [3.8, 4) is 0 Å². The summed E-state index contributed by atoms with van der Waals surface area (Å²) in [5.74, 6) is 1.86. The summed E-state index contributed by atoms with van der Waals surface area (Å²) in [6.45, 7) is 4.11. The fourth-order valence-corrected chi connectivity index (χ4v) is 3.21. The monoisotopic (exact) mass is 301 g/mol. The summed E-state index contributed by atoms with van der Waals surface area (Å²) < 4.78 is 0. The van der Waals surface area contributed by atoms with Crippen molar-refractivity contribution < 1.29 is 0 Å². The Morgan fingerprint density at radius 1 is 1.19 bits per heavy atom. The molecule has 1 aromatic heterocycles. The van der Waals surface area contributed by atoms with Crippen molar-refractivity contribution in [2.24, 2.45) is 0 Å². The van der Waals surface area contributed by atoms with Crippen LogP contribution < -0.4 is 10.6 Å². The van der Waals surface area contributed by atoms with E-state index in [1.54, 1.807) is 11.8 Å². The summed E-state index contributed by atoms with van der Waals surface area (Å²) in [6.07, 6.45) is 2.38. The molecule has 2 N–H and O–H groups in total. The minimum atomic E-state index is 0.304. The molecule has 1 aromatic carbocycles. The SMILES string of the molecule is Cc1cccc(CSc2nc(N)nc(N3CCCC3)n2)c1. The maximum atomic E-state index is 5.82. The molecule has 3 rings (SSSR count). The molecule has 0 amide bonds. The van der Waals surface area contributed by atoms with Gasteiger partial charge in [0.2, 0.25) is 11.9 Å². The van der Waals surface area contributed by atoms with E-state index >= 15 is 0 Å². The van der Waals surface area contributed by atoms with Gasteiger partial charge in [-0.25, -0.2) is 0 Å². The molecule has 1 aliphatic rings. The molecule has 5 nitrogen and oxygen atoms in total. The number of hydrogen-bond acceptors (Lipinski definition) is 6. The highest BCUT2D eigenvalue weighted by molar-refractivity contribution is 7.98. The molecule has 6 heteroatoms. The fourth-order valence-electron chi connectivity index (χ4n) is 2.43. The van der Waals surface area contributed by atoms with Gasteiger partial charge < -0.3 is 10.6 Å². The standard InChI is InChI=1S/C15H19N5S/c1-11-5-4-6-12(9-11)10-21-15-18-13(16)17-14(19-15)20-7-2-3-8-20/h4-6,9H,2-3,7-8,10H2,1H3,(H2,16,17,18,19). The van der Waals surface area contributed by atoms with Crippen LogP contribution in [-0.4, -0.2) is 28.0 Å². The molecule has 0 bridgehead atoms. The van der Waals surface area contributed by atoms with Gasteiger partial charge in [-0.2, -0.15) is 15.0 Å². The Kier molecular flexibility index (Phi) is 4.24. The summed E-state index contributed by atoms with van der Waals surface area (Å²) in [5.41, 5.74) is 8.35. The van der Waals surface area contributed by atoms with Crippen molar-refractivity contribution in [3.63, 3.8) is 0 Å². The number of thioether (sulfide) groups is 1. The van der Waals surface area contributed by atoms with Crippen LogP contribution in [0.15, 0.2) is 29.4 Å². The van der Waals surface area contributed by atoms with Crippen molar-refractivity contribution >= 4 is 23.7 Å². The highest BCUT2D eigenvalue weighted by atomic mass is 32.2. The average molecular weight is 301 g/mol. The maximum Gasteiger partial charge on any atom is 0.231 e. The smallest absolute Gasteiger partial charge is 0.231 e. The van der Waals surface area contributed by atoms with E-state index in [1.165, 1.54) is 24.0 Å². The summed E-state index contributed by atoms with van der Waals surface area (Å²) in [7, 11) is 0. The average Bonchev–Trinajstić information content (AvgIpc) is 2.99. The number of benzene rings is 1. The van der Waals surface area contributed by atoms with E-state index in [4.69, 9.17) is 5.73 Å². The molecular formula is C15H19N5S. The van der Waals surface area contributed by atoms with Crippen LogP contribution in [0.1, 0.15) is 24.0 Å². The third-order valence-electron chi connectivity index (χ3n) is 3.46. The third-order valence-corrected chi connectivity index (χ3v) is 4.38. The first kappa shape index (κ1) is 14.1. The quantitative estimate of drug-likeness (QED) is 0.876. The molecule has 110 valence electrons. The summed E-state index contributed by atoms with van der Waals surface area (Å²) >= 11 is 1.60. The van der Waals surface area contributed by atoms with E-state index in [0.29, 0.717) is 17.1 Å². The zero-order chi connectivity index (χ0) is 14.7. The Morgan fingerprint density at radius 3 is 2.76 bits per heavy atom. The number of rotatable bonds is 4. The molecule has 1 aliphatic heterocycles. The topological polar surface area (TPSA) is 67.9 Å². The molecule has 0 atom stereocenters. The number of aryl methyl sites for hydroxylation is 1. The van der Waals surface area contributed by atoms with Crippen molar-refractivity contribution in [2.45, 2.75) is 30.7 Å². The lowest BCUT2D eigenvalue weighted by Crippen LogP contribution is -2.21. The van der Waals surface area contributed by atoms with Crippen molar-refractivity contribution in [1.82, 2.24) is 15.0 Å². The Morgan fingerprint density at radius 2 is 2.00 bits per heavy atom. The minimum absolute atomic E-state index is 0.304. The molecule has 21 heavy (non-hydrogen) atoms. The van der Waals surface area contributed by atoms with Crippen LogP contribution >= 0.6 is 11.8 Å². The molecule has 0 unspecified atom stereocenters. The van der Waals surface area contributed by atoms with Crippen LogP contribution in [-0.2, 0) is 5.75 Å². The highest BCUT2D eigenvalue weighted by Crippen LogP contribution is 2.23. The Labute approximate surface area is 129 Å². The van der Waals surface area contributed by atoms with Gasteiger partial charge in [0, 0.05) is 18.8 Å². The number of nitrogens with zero attached hydrogens (tertiary/aromatic N) is 4. The normalized spacial score (nSPS) is 14.6. The largest absolute Gasteiger partial charge is 0.368 e. The van der Waals surface area contributed by atoms with E-state index in [1.807, 2.05) is 0 Å². The van der Waals surface area contributed by atoms with Gasteiger partial charge in [0.25, 0.3) is 0 Å². The lowest BCUT2D eigenvalue weighted by atomic mass is 10.2. The second kappa shape index (κ2) is 6.30. The van der Waals surface area contributed by atoms with Crippen LogP contribution in [0, 0.1) is 6.92 Å². The summed E-state index contributed by atoms with van der Waals surface area (Å²) in [4.78, 5) is 15.2. The molecule has 1 fully saturated rings. The molecule has 2 heterocycles. The van der Waals surface area contributed by atoms with Gasteiger partial charge in [-0.15, -0.1) is 0 Å². The lowest BCUT2D eigenvalue weighted by Gasteiger charge is -2.15. The number of hydrogen-bond donors (Lipinski definition) is 1. The number of nitrogen functional groups attached to an aromatic ring is 1. The first-order chi connectivity index (χ1) is 10.2. The van der Waals surface area contributed by atoms with E-state index in [9.17, 15) is 0 Å². The van der Waals surface area contributed by atoms with E-state index < -0.39 is 0 Å². The van der Waals surface area contributed by atoms with E-state index in [-0.39, 0.29) is 0 Å². The Hall–Kier alpha value is -1.82. The molecule has 0 radical (unpaired) electrons. The van der Waals surface area contributed by atoms with Gasteiger partial charge in [-0.05, 0) is 25.3 Å². The van der Waals surface area contributed by atoms with Crippen molar-refractivity contribution in [3.05, 3.63) is 35.4 Å². The molecule has 0 spiro atoms. The van der Waals surface area contributed by atoms with Gasteiger partial charge >= 0.3 is 0 Å². The van der Waals surface area contributed by atoms with Gasteiger partial charge in [-0.1, -0.05) is 41.6 Å². The van der Waals surface area contributed by atoms with Crippen LogP contribution in [0.2, 0.25) is 0 Å². The predicted octanol–water partition coefficient (Wildman–Crippen LogP) is 2.65. The molecule has 0 saturated carbocycles. The second-order valence-corrected chi connectivity index (χ2v) is 6.19. The second-order valence-electron chi connectivity index (χ2n) is 5.25. The first-order valence-corrected chi connectivity index (χ1v) is 8.14. The predicted molar refractivity (Wildman–Crippen MR) is 86.4 cm³/mol. The van der Waals surface area contributed by atoms with E-state index in [0.717, 1.165) is 18.8 Å². The van der Waals surface area contributed by atoms with Crippen LogP contribution in [0.3, 0.4) is 0 Å². The van der Waals surface area contributed by atoms with Crippen molar-refractivity contribution in [2.75, 3.05) is 23.7 Å². The summed E-state index contributed by atoms with van der Waals surface area (Å²) in [5, 5.41) is 0.700. The summed E-state index contributed by atoms with van der Waals surface area (Å²) in [6, 6.07) is 8.47. The van der Waals surface area contributed by atoms with Crippen LogP contribution in [0.25, 0.3) is 0 Å². The maximum absolute atomic E-state index is 5.82. The van der Waals surface area contributed by atoms with Gasteiger partial charge in [0.05, 0.1) is 0 Å². The highest BCUT2D eigenvalue weighted by Gasteiger charge is 2.16. The van der Waals surface area contributed by atoms with E-state index in [2.05, 4.69) is 51.0 Å². The Balaban J connectivity index is 1.72. The minimum Gasteiger partial charge on any atom is -0.368 e. The molecule has 1 saturated heterocycles. The zero-order valence-electron chi connectivity index (χ0n) is 12.1. The number of anilines is 2. The van der Waals surface area contributed by atoms with Gasteiger partial charge in [-0.3, -0.25) is 0 Å². The molecular weight excluding hydrogens is 282 g/mol. The zero-order valence-corrected chi connectivity index (χ0v) is 12.9. The molecule has 0 aliphatic carbocycles. The lowest BCUT2D eigenvalue weighted by molar-refractivity contribution is 0.833. The number of aromatic nitrogens is 3. The fraction of sp³-hybridized carbons (Fsp3) is 0.400. The van der Waals surface area contributed by atoms with Crippen molar-refractivity contribution in [1.29, 1.82) is 0 Å². The first-order valence-electron chi connectivity index (χ1n) is 7.15. The van der Waals surface area contributed by atoms with Gasteiger partial charge in [0.1, 0.15) is 0 Å². The number of nitrogens with two attached hydrogens (primary N) is 1. The third kappa shape index (κ3) is 3.64. The van der Waals surface area contributed by atoms with Gasteiger partial charge in [0.15, 0.2) is 5.16 Å². The van der Waals surface area contributed by atoms with Crippen LogP contribution in [0.5, 0.6) is 0 Å². The Bertz CT molecular complexity index is 625. The molecule has 2 aromatic rings.